The number of esters is 1. The summed E-state index contributed by atoms with van der Waals surface area (Å²) >= 11 is 0. The number of rotatable bonds is 10. The standard InChI is InChI=1S/C19H30O2/c1-4-16(5-2)12-14-18(6-3)21-19(20)15-13-17-10-8-7-9-11-17/h7-11,16,18H,4-6,12-15H2,1-3H3. The molecule has 0 aliphatic rings. The third-order valence-corrected chi connectivity index (χ3v) is 4.27. The topological polar surface area (TPSA) is 26.3 Å². The first-order valence-corrected chi connectivity index (χ1v) is 8.42. The molecular weight excluding hydrogens is 260 g/mol. The van der Waals surface area contributed by atoms with Crippen LogP contribution < -0.4 is 0 Å². The molecule has 0 N–H and O–H groups in total. The van der Waals surface area contributed by atoms with Gasteiger partial charge in [-0.05, 0) is 37.2 Å². The third kappa shape index (κ3) is 7.31. The van der Waals surface area contributed by atoms with Crippen molar-refractivity contribution in [3.05, 3.63) is 35.9 Å². The summed E-state index contributed by atoms with van der Waals surface area (Å²) in [4.78, 5) is 11.9. The van der Waals surface area contributed by atoms with Crippen LogP contribution in [0.15, 0.2) is 30.3 Å². The van der Waals surface area contributed by atoms with Gasteiger partial charge < -0.3 is 4.74 Å². The van der Waals surface area contributed by atoms with Crippen molar-refractivity contribution in [3.63, 3.8) is 0 Å². The molecule has 1 aromatic carbocycles. The molecule has 0 aromatic heterocycles. The molecule has 1 rings (SSSR count). The Bertz CT molecular complexity index is 382. The van der Waals surface area contributed by atoms with Gasteiger partial charge in [0.05, 0.1) is 0 Å². The first kappa shape index (κ1) is 17.7. The van der Waals surface area contributed by atoms with Gasteiger partial charge in [0, 0.05) is 6.42 Å². The Hall–Kier alpha value is -1.31. The molecule has 0 bridgehead atoms. The zero-order valence-corrected chi connectivity index (χ0v) is 13.8. The molecule has 0 spiro atoms. The highest BCUT2D eigenvalue weighted by atomic mass is 16.5. The molecule has 0 heterocycles. The van der Waals surface area contributed by atoms with Crippen molar-refractivity contribution >= 4 is 5.97 Å². The number of benzene rings is 1. The first-order chi connectivity index (χ1) is 10.2. The molecule has 0 saturated carbocycles. The number of ether oxygens (including phenoxy) is 1. The predicted octanol–water partition coefficient (Wildman–Crippen LogP) is 5.16. The van der Waals surface area contributed by atoms with Crippen LogP contribution in [0, 0.1) is 5.92 Å². The second-order valence-electron chi connectivity index (χ2n) is 5.77. The van der Waals surface area contributed by atoms with Gasteiger partial charge in [0.2, 0.25) is 0 Å². The van der Waals surface area contributed by atoms with E-state index in [0.29, 0.717) is 6.42 Å². The summed E-state index contributed by atoms with van der Waals surface area (Å²) < 4.78 is 5.62. The van der Waals surface area contributed by atoms with Gasteiger partial charge in [-0.3, -0.25) is 4.79 Å². The summed E-state index contributed by atoms with van der Waals surface area (Å²) in [5, 5.41) is 0. The summed E-state index contributed by atoms with van der Waals surface area (Å²) in [5.41, 5.74) is 1.19. The predicted molar refractivity (Wildman–Crippen MR) is 88.2 cm³/mol. The van der Waals surface area contributed by atoms with E-state index in [9.17, 15) is 4.79 Å². The molecular formula is C19H30O2. The van der Waals surface area contributed by atoms with Crippen molar-refractivity contribution < 1.29 is 9.53 Å². The molecule has 0 fully saturated rings. The van der Waals surface area contributed by atoms with Gasteiger partial charge in [0.25, 0.3) is 0 Å². The number of carbonyl (C=O) groups excluding carboxylic acids is 1. The van der Waals surface area contributed by atoms with Crippen molar-refractivity contribution in [2.75, 3.05) is 0 Å². The fourth-order valence-electron chi connectivity index (χ4n) is 2.60. The van der Waals surface area contributed by atoms with Crippen LogP contribution in [0.25, 0.3) is 0 Å². The SMILES string of the molecule is CCC(CC)CCC(CC)OC(=O)CCc1ccccc1. The minimum atomic E-state index is -0.0600. The number of carbonyl (C=O) groups is 1. The van der Waals surface area contributed by atoms with Crippen LogP contribution >= 0.6 is 0 Å². The molecule has 0 aliphatic heterocycles. The number of aryl methyl sites for hydroxylation is 1. The Kier molecular flexibility index (Phi) is 8.80. The smallest absolute Gasteiger partial charge is 0.306 e. The molecule has 118 valence electrons. The van der Waals surface area contributed by atoms with E-state index in [2.05, 4.69) is 32.9 Å². The van der Waals surface area contributed by atoms with Gasteiger partial charge in [-0.25, -0.2) is 0 Å². The van der Waals surface area contributed by atoms with Crippen molar-refractivity contribution in [2.24, 2.45) is 5.92 Å². The maximum atomic E-state index is 11.9. The van der Waals surface area contributed by atoms with E-state index < -0.39 is 0 Å². The molecule has 2 nitrogen and oxygen atoms in total. The highest BCUT2D eigenvalue weighted by Gasteiger charge is 2.14. The molecule has 21 heavy (non-hydrogen) atoms. The molecule has 0 radical (unpaired) electrons. The average molecular weight is 290 g/mol. The second kappa shape index (κ2) is 10.4. The monoisotopic (exact) mass is 290 g/mol. The number of hydrogen-bond acceptors (Lipinski definition) is 2. The summed E-state index contributed by atoms with van der Waals surface area (Å²) in [7, 11) is 0. The van der Waals surface area contributed by atoms with E-state index >= 15 is 0 Å². The van der Waals surface area contributed by atoms with E-state index in [1.165, 1.54) is 18.4 Å². The zero-order chi connectivity index (χ0) is 15.5. The molecule has 1 unspecified atom stereocenters. The molecule has 1 atom stereocenters. The summed E-state index contributed by atoms with van der Waals surface area (Å²) in [6.07, 6.45) is 6.85. The molecule has 2 heteroatoms. The van der Waals surface area contributed by atoms with Crippen molar-refractivity contribution in [2.45, 2.75) is 71.8 Å². The van der Waals surface area contributed by atoms with E-state index in [0.717, 1.165) is 31.6 Å². The van der Waals surface area contributed by atoms with Crippen LogP contribution in [-0.2, 0) is 16.0 Å². The van der Waals surface area contributed by atoms with Crippen molar-refractivity contribution in [1.29, 1.82) is 0 Å². The van der Waals surface area contributed by atoms with Gasteiger partial charge in [0.15, 0.2) is 0 Å². The Morgan fingerprint density at radius 3 is 2.24 bits per heavy atom. The molecule has 1 aromatic rings. The van der Waals surface area contributed by atoms with Gasteiger partial charge in [-0.15, -0.1) is 0 Å². The van der Waals surface area contributed by atoms with Gasteiger partial charge in [-0.2, -0.15) is 0 Å². The van der Waals surface area contributed by atoms with Crippen molar-refractivity contribution in [1.82, 2.24) is 0 Å². The van der Waals surface area contributed by atoms with Crippen LogP contribution in [-0.4, -0.2) is 12.1 Å². The lowest BCUT2D eigenvalue weighted by atomic mass is 9.95. The Balaban J connectivity index is 2.30. The summed E-state index contributed by atoms with van der Waals surface area (Å²) in [6, 6.07) is 10.1. The van der Waals surface area contributed by atoms with Crippen LogP contribution in [0.4, 0.5) is 0 Å². The average Bonchev–Trinajstić information content (AvgIpc) is 2.53. The van der Waals surface area contributed by atoms with E-state index in [4.69, 9.17) is 4.74 Å². The Morgan fingerprint density at radius 2 is 1.67 bits per heavy atom. The Labute approximate surface area is 129 Å². The second-order valence-corrected chi connectivity index (χ2v) is 5.77. The van der Waals surface area contributed by atoms with Crippen LogP contribution in [0.2, 0.25) is 0 Å². The van der Waals surface area contributed by atoms with Gasteiger partial charge >= 0.3 is 5.97 Å². The quantitative estimate of drug-likeness (QED) is 0.556. The summed E-state index contributed by atoms with van der Waals surface area (Å²) in [6.45, 7) is 6.57. The molecule has 0 amide bonds. The number of hydrogen-bond donors (Lipinski definition) is 0. The lowest BCUT2D eigenvalue weighted by molar-refractivity contribution is -0.149. The first-order valence-electron chi connectivity index (χ1n) is 8.42. The zero-order valence-electron chi connectivity index (χ0n) is 13.8. The van der Waals surface area contributed by atoms with Crippen LogP contribution in [0.5, 0.6) is 0 Å². The third-order valence-electron chi connectivity index (χ3n) is 4.27. The van der Waals surface area contributed by atoms with Gasteiger partial charge in [-0.1, -0.05) is 63.9 Å². The highest BCUT2D eigenvalue weighted by Crippen LogP contribution is 2.19. The largest absolute Gasteiger partial charge is 0.462 e. The fourth-order valence-corrected chi connectivity index (χ4v) is 2.60. The molecule has 0 saturated heterocycles. The van der Waals surface area contributed by atoms with E-state index in [1.807, 2.05) is 18.2 Å². The molecule has 0 aliphatic carbocycles. The normalized spacial score (nSPS) is 12.4. The maximum Gasteiger partial charge on any atom is 0.306 e. The van der Waals surface area contributed by atoms with Gasteiger partial charge in [0.1, 0.15) is 6.10 Å². The van der Waals surface area contributed by atoms with Crippen LogP contribution in [0.3, 0.4) is 0 Å². The maximum absolute atomic E-state index is 11.9. The van der Waals surface area contributed by atoms with Crippen LogP contribution in [0.1, 0.15) is 64.9 Å². The summed E-state index contributed by atoms with van der Waals surface area (Å²) in [5.74, 6) is 0.706. The Morgan fingerprint density at radius 1 is 1.00 bits per heavy atom. The fraction of sp³-hybridized carbons (Fsp3) is 0.632. The van der Waals surface area contributed by atoms with Crippen molar-refractivity contribution in [3.8, 4) is 0 Å². The minimum Gasteiger partial charge on any atom is -0.462 e. The highest BCUT2D eigenvalue weighted by molar-refractivity contribution is 5.69. The lowest BCUT2D eigenvalue weighted by Crippen LogP contribution is -2.19. The minimum absolute atomic E-state index is 0.0600. The van der Waals surface area contributed by atoms with E-state index in [1.54, 1.807) is 0 Å². The lowest BCUT2D eigenvalue weighted by Gasteiger charge is -2.19. The van der Waals surface area contributed by atoms with E-state index in [-0.39, 0.29) is 12.1 Å².